The predicted molar refractivity (Wildman–Crippen MR) is 113 cm³/mol. The molecule has 0 N–H and O–H groups in total. The summed E-state index contributed by atoms with van der Waals surface area (Å²) in [7, 11) is 0. The Bertz CT molecular complexity index is 882. The van der Waals surface area contributed by atoms with Crippen molar-refractivity contribution < 1.29 is 14.5 Å². The lowest BCUT2D eigenvalue weighted by Crippen LogP contribution is -2.49. The van der Waals surface area contributed by atoms with Crippen molar-refractivity contribution in [1.82, 2.24) is 4.90 Å². The van der Waals surface area contributed by atoms with E-state index < -0.39 is 4.92 Å². The molecule has 29 heavy (non-hydrogen) atoms. The zero-order chi connectivity index (χ0) is 20.8. The maximum absolute atomic E-state index is 12.9. The molecule has 1 amide bonds. The van der Waals surface area contributed by atoms with Crippen LogP contribution in [0.3, 0.4) is 0 Å². The number of hydrogen-bond acceptors (Lipinski definition) is 5. The molecule has 0 atom stereocenters. The van der Waals surface area contributed by atoms with Gasteiger partial charge < -0.3 is 14.5 Å². The van der Waals surface area contributed by atoms with E-state index in [4.69, 9.17) is 16.3 Å². The van der Waals surface area contributed by atoms with Gasteiger partial charge in [0.1, 0.15) is 11.4 Å². The van der Waals surface area contributed by atoms with Crippen molar-refractivity contribution in [3.05, 3.63) is 63.2 Å². The lowest BCUT2D eigenvalue weighted by atomic mass is 10.1. The Morgan fingerprint density at radius 3 is 2.59 bits per heavy atom. The second-order valence-corrected chi connectivity index (χ2v) is 7.28. The van der Waals surface area contributed by atoms with Crippen LogP contribution in [0.4, 0.5) is 11.4 Å². The molecule has 0 aliphatic carbocycles. The molecule has 2 aromatic carbocycles. The second kappa shape index (κ2) is 9.60. The summed E-state index contributed by atoms with van der Waals surface area (Å²) in [5.74, 6) is 0.619. The number of anilines is 1. The van der Waals surface area contributed by atoms with Crippen LogP contribution in [0.1, 0.15) is 30.1 Å². The first-order valence-corrected chi connectivity index (χ1v) is 10.1. The Balaban J connectivity index is 1.66. The minimum Gasteiger partial charge on any atom is -0.494 e. The summed E-state index contributed by atoms with van der Waals surface area (Å²) in [4.78, 5) is 27.4. The molecule has 1 aliphatic heterocycles. The van der Waals surface area contributed by atoms with Gasteiger partial charge in [-0.25, -0.2) is 0 Å². The molecular formula is C21H24ClN3O4. The average Bonchev–Trinajstić information content (AvgIpc) is 2.73. The van der Waals surface area contributed by atoms with Crippen LogP contribution in [0.25, 0.3) is 0 Å². The molecule has 0 radical (unpaired) electrons. The van der Waals surface area contributed by atoms with E-state index in [0.29, 0.717) is 54.8 Å². The van der Waals surface area contributed by atoms with Gasteiger partial charge in [-0.05, 0) is 30.7 Å². The molecule has 0 aromatic heterocycles. The first-order valence-electron chi connectivity index (χ1n) is 9.71. The third-order valence-corrected chi connectivity index (χ3v) is 5.20. The normalized spacial score (nSPS) is 14.0. The van der Waals surface area contributed by atoms with Crippen molar-refractivity contribution >= 4 is 28.9 Å². The lowest BCUT2D eigenvalue weighted by molar-refractivity contribution is -0.384. The van der Waals surface area contributed by atoms with Crippen molar-refractivity contribution in [1.29, 1.82) is 0 Å². The van der Waals surface area contributed by atoms with Gasteiger partial charge in [-0.2, -0.15) is 0 Å². The van der Waals surface area contributed by atoms with Gasteiger partial charge in [0.15, 0.2) is 0 Å². The van der Waals surface area contributed by atoms with Gasteiger partial charge in [0.05, 0.1) is 16.6 Å². The van der Waals surface area contributed by atoms with Crippen LogP contribution in [0.5, 0.6) is 5.75 Å². The van der Waals surface area contributed by atoms with Crippen molar-refractivity contribution in [2.75, 3.05) is 37.7 Å². The van der Waals surface area contributed by atoms with E-state index >= 15 is 0 Å². The molecule has 0 saturated carbocycles. The average molecular weight is 418 g/mol. The van der Waals surface area contributed by atoms with Crippen LogP contribution < -0.4 is 9.64 Å². The Kier molecular flexibility index (Phi) is 6.93. The molecule has 1 saturated heterocycles. The number of carbonyl (C=O) groups excluding carboxylic acids is 1. The molecule has 1 heterocycles. The Morgan fingerprint density at radius 1 is 1.17 bits per heavy atom. The summed E-state index contributed by atoms with van der Waals surface area (Å²) >= 11 is 6.23. The smallest absolute Gasteiger partial charge is 0.294 e. The van der Waals surface area contributed by atoms with Gasteiger partial charge >= 0.3 is 0 Å². The van der Waals surface area contributed by atoms with Crippen LogP contribution in [-0.2, 0) is 0 Å². The van der Waals surface area contributed by atoms with E-state index in [1.807, 2.05) is 17.0 Å². The van der Waals surface area contributed by atoms with Crippen LogP contribution in [0, 0.1) is 10.1 Å². The van der Waals surface area contributed by atoms with Gasteiger partial charge in [-0.3, -0.25) is 14.9 Å². The molecule has 1 fully saturated rings. The molecule has 1 aliphatic rings. The number of nitro benzene ring substituents is 1. The number of amides is 1. The molecule has 2 aromatic rings. The fraction of sp³-hybridized carbons (Fsp3) is 0.381. The number of piperazine rings is 1. The molecule has 0 bridgehead atoms. The molecule has 7 nitrogen and oxygen atoms in total. The highest BCUT2D eigenvalue weighted by Crippen LogP contribution is 2.36. The highest BCUT2D eigenvalue weighted by molar-refractivity contribution is 6.33. The van der Waals surface area contributed by atoms with E-state index in [2.05, 4.69) is 6.92 Å². The Labute approximate surface area is 175 Å². The van der Waals surface area contributed by atoms with Crippen molar-refractivity contribution in [2.45, 2.75) is 19.8 Å². The number of halogens is 1. The minimum absolute atomic E-state index is 0.0193. The number of benzene rings is 2. The molecule has 154 valence electrons. The number of para-hydroxylation sites is 1. The summed E-state index contributed by atoms with van der Waals surface area (Å²) in [5, 5.41) is 11.7. The number of nitro groups is 1. The predicted octanol–water partition coefficient (Wildman–Crippen LogP) is 4.39. The van der Waals surface area contributed by atoms with Crippen molar-refractivity contribution in [2.24, 2.45) is 0 Å². The molecule has 3 rings (SSSR count). The zero-order valence-corrected chi connectivity index (χ0v) is 17.1. The van der Waals surface area contributed by atoms with E-state index in [1.165, 1.54) is 6.07 Å². The Morgan fingerprint density at radius 2 is 1.90 bits per heavy atom. The number of hydrogen-bond donors (Lipinski definition) is 0. The highest BCUT2D eigenvalue weighted by Gasteiger charge is 2.28. The van der Waals surface area contributed by atoms with Gasteiger partial charge in [-0.15, -0.1) is 0 Å². The van der Waals surface area contributed by atoms with Gasteiger partial charge in [-0.1, -0.05) is 37.1 Å². The third kappa shape index (κ3) is 4.98. The van der Waals surface area contributed by atoms with Crippen molar-refractivity contribution in [3.63, 3.8) is 0 Å². The highest BCUT2D eigenvalue weighted by atomic mass is 35.5. The summed E-state index contributed by atoms with van der Waals surface area (Å²) < 4.78 is 5.69. The van der Waals surface area contributed by atoms with Crippen LogP contribution in [-0.4, -0.2) is 48.5 Å². The van der Waals surface area contributed by atoms with Crippen LogP contribution in [0.2, 0.25) is 5.02 Å². The topological polar surface area (TPSA) is 75.9 Å². The summed E-state index contributed by atoms with van der Waals surface area (Å²) in [6.07, 6.45) is 2.01. The van der Waals surface area contributed by atoms with Crippen LogP contribution >= 0.6 is 11.6 Å². The SMILES string of the molecule is CCCCOc1cccc(C(=O)N2CCN(c3c(Cl)cccc3[N+](=O)[O-])CC2)c1. The minimum atomic E-state index is -0.428. The fourth-order valence-corrected chi connectivity index (χ4v) is 3.62. The van der Waals surface area contributed by atoms with E-state index in [-0.39, 0.29) is 11.6 Å². The zero-order valence-electron chi connectivity index (χ0n) is 16.3. The number of nitrogens with zero attached hydrogens (tertiary/aromatic N) is 3. The molecule has 0 unspecified atom stereocenters. The molecular weight excluding hydrogens is 394 g/mol. The Hall–Kier alpha value is -2.80. The third-order valence-electron chi connectivity index (χ3n) is 4.89. The first kappa shape index (κ1) is 20.9. The second-order valence-electron chi connectivity index (χ2n) is 6.87. The first-order chi connectivity index (χ1) is 14.0. The van der Waals surface area contributed by atoms with Gasteiger partial charge in [0, 0.05) is 37.8 Å². The van der Waals surface area contributed by atoms with E-state index in [0.717, 1.165) is 12.8 Å². The quantitative estimate of drug-likeness (QED) is 0.379. The monoisotopic (exact) mass is 417 g/mol. The van der Waals surface area contributed by atoms with Gasteiger partial charge in [0.2, 0.25) is 0 Å². The fourth-order valence-electron chi connectivity index (χ4n) is 3.33. The van der Waals surface area contributed by atoms with Crippen LogP contribution in [0.15, 0.2) is 42.5 Å². The summed E-state index contributed by atoms with van der Waals surface area (Å²) in [5.41, 5.74) is 0.975. The number of ether oxygens (including phenoxy) is 1. The number of unbranched alkanes of at least 4 members (excludes halogenated alkanes) is 1. The molecule has 8 heteroatoms. The largest absolute Gasteiger partial charge is 0.494 e. The standard InChI is InChI=1S/C21H24ClN3O4/c1-2-3-14-29-17-7-4-6-16(15-17)21(26)24-12-10-23(11-13-24)20-18(22)8-5-9-19(20)25(27)28/h4-9,15H,2-3,10-14H2,1H3. The van der Waals surface area contributed by atoms with E-state index in [9.17, 15) is 14.9 Å². The molecule has 0 spiro atoms. The van der Waals surface area contributed by atoms with Crippen molar-refractivity contribution in [3.8, 4) is 5.75 Å². The van der Waals surface area contributed by atoms with E-state index in [1.54, 1.807) is 29.2 Å². The summed E-state index contributed by atoms with van der Waals surface area (Å²) in [6, 6.07) is 11.9. The number of carbonyl (C=O) groups is 1. The summed E-state index contributed by atoms with van der Waals surface area (Å²) in [6.45, 7) is 4.60. The number of rotatable bonds is 7. The maximum Gasteiger partial charge on any atom is 0.294 e. The maximum atomic E-state index is 12.9. The van der Waals surface area contributed by atoms with Gasteiger partial charge in [0.25, 0.3) is 11.6 Å². The lowest BCUT2D eigenvalue weighted by Gasteiger charge is -2.36.